The molecule has 1 N–H and O–H groups in total. The molecule has 0 atom stereocenters. The number of rotatable bonds is 3. The topological polar surface area (TPSA) is 84.7 Å². The standard InChI is InChI=1S/C11H12IN3O4/c1-2-5-19-11(18)14-3-4-15-7(6-14)8(12)9(13-15)10(16)17/h2H,1,3-6H2,(H,16,17). The molecule has 0 unspecified atom stereocenters. The van der Waals surface area contributed by atoms with Crippen molar-refractivity contribution in [1.82, 2.24) is 14.7 Å². The second kappa shape index (κ2) is 5.59. The molecule has 2 rings (SSSR count). The highest BCUT2D eigenvalue weighted by Crippen LogP contribution is 2.22. The van der Waals surface area contributed by atoms with E-state index in [0.29, 0.717) is 23.2 Å². The Morgan fingerprint density at radius 1 is 1.53 bits per heavy atom. The van der Waals surface area contributed by atoms with Crippen LogP contribution in [0.15, 0.2) is 12.7 Å². The molecule has 1 aliphatic rings. The molecule has 1 aromatic heterocycles. The third-order valence-corrected chi connectivity index (χ3v) is 3.83. The number of carboxylic acid groups (broad SMARTS) is 1. The van der Waals surface area contributed by atoms with Crippen LogP contribution in [0.25, 0.3) is 0 Å². The molecule has 0 spiro atoms. The zero-order chi connectivity index (χ0) is 14.0. The highest BCUT2D eigenvalue weighted by molar-refractivity contribution is 14.1. The number of carbonyl (C=O) groups excluding carboxylic acids is 1. The van der Waals surface area contributed by atoms with Crippen molar-refractivity contribution in [3.05, 3.63) is 27.6 Å². The number of halogens is 1. The highest BCUT2D eigenvalue weighted by atomic mass is 127. The van der Waals surface area contributed by atoms with Crippen molar-refractivity contribution in [2.45, 2.75) is 13.1 Å². The number of carbonyl (C=O) groups is 2. The first-order valence-corrected chi connectivity index (χ1v) is 6.63. The van der Waals surface area contributed by atoms with E-state index >= 15 is 0 Å². The average Bonchev–Trinajstić information content (AvgIpc) is 2.73. The molecule has 19 heavy (non-hydrogen) atoms. The second-order valence-electron chi connectivity index (χ2n) is 3.92. The minimum atomic E-state index is -1.06. The van der Waals surface area contributed by atoms with E-state index in [0.717, 1.165) is 5.69 Å². The molecular weight excluding hydrogens is 365 g/mol. The van der Waals surface area contributed by atoms with E-state index in [1.54, 1.807) is 4.68 Å². The van der Waals surface area contributed by atoms with E-state index in [4.69, 9.17) is 9.84 Å². The van der Waals surface area contributed by atoms with Gasteiger partial charge in [-0.3, -0.25) is 4.68 Å². The van der Waals surface area contributed by atoms with E-state index in [9.17, 15) is 9.59 Å². The first-order chi connectivity index (χ1) is 9.04. The first-order valence-electron chi connectivity index (χ1n) is 5.55. The number of fused-ring (bicyclic) bond motifs is 1. The maximum atomic E-state index is 11.7. The van der Waals surface area contributed by atoms with E-state index in [1.165, 1.54) is 11.0 Å². The molecule has 0 saturated heterocycles. The van der Waals surface area contributed by atoms with E-state index in [1.807, 2.05) is 22.6 Å². The molecule has 2 heterocycles. The van der Waals surface area contributed by atoms with Gasteiger partial charge in [-0.2, -0.15) is 5.10 Å². The van der Waals surface area contributed by atoms with Crippen molar-refractivity contribution >= 4 is 34.7 Å². The fraction of sp³-hybridized carbons (Fsp3) is 0.364. The van der Waals surface area contributed by atoms with Crippen LogP contribution in [0.4, 0.5) is 4.79 Å². The van der Waals surface area contributed by atoms with Crippen LogP contribution >= 0.6 is 22.6 Å². The van der Waals surface area contributed by atoms with Gasteiger partial charge < -0.3 is 14.7 Å². The molecule has 7 nitrogen and oxygen atoms in total. The van der Waals surface area contributed by atoms with Gasteiger partial charge in [0.15, 0.2) is 5.69 Å². The monoisotopic (exact) mass is 377 g/mol. The molecule has 1 aliphatic heterocycles. The lowest BCUT2D eigenvalue weighted by Gasteiger charge is -2.26. The fourth-order valence-corrected chi connectivity index (χ4v) is 2.59. The zero-order valence-corrected chi connectivity index (χ0v) is 12.2. The number of hydrogen-bond donors (Lipinski definition) is 1. The first kappa shape index (κ1) is 13.8. The molecule has 8 heteroatoms. The lowest BCUT2D eigenvalue weighted by molar-refractivity contribution is 0.0687. The summed E-state index contributed by atoms with van der Waals surface area (Å²) in [6, 6.07) is 0. The summed E-state index contributed by atoms with van der Waals surface area (Å²) in [4.78, 5) is 24.2. The highest BCUT2D eigenvalue weighted by Gasteiger charge is 2.28. The van der Waals surface area contributed by atoms with Crippen LogP contribution in [0.1, 0.15) is 16.2 Å². The Labute approximate surface area is 123 Å². The van der Waals surface area contributed by atoms with Gasteiger partial charge in [0.25, 0.3) is 0 Å². The third-order valence-electron chi connectivity index (χ3n) is 2.70. The van der Waals surface area contributed by atoms with E-state index < -0.39 is 12.1 Å². The number of ether oxygens (including phenoxy) is 1. The van der Waals surface area contributed by atoms with Gasteiger partial charge in [0, 0.05) is 6.54 Å². The largest absolute Gasteiger partial charge is 0.476 e. The Kier molecular flexibility index (Phi) is 4.08. The number of hydrogen-bond acceptors (Lipinski definition) is 4. The van der Waals surface area contributed by atoms with Crippen LogP contribution in [-0.2, 0) is 17.8 Å². The minimum Gasteiger partial charge on any atom is -0.476 e. The van der Waals surface area contributed by atoms with Gasteiger partial charge in [-0.1, -0.05) is 12.7 Å². The molecule has 1 aromatic rings. The summed E-state index contributed by atoms with van der Waals surface area (Å²) in [6.45, 7) is 4.84. The number of nitrogens with zero attached hydrogens (tertiary/aromatic N) is 3. The average molecular weight is 377 g/mol. The lowest BCUT2D eigenvalue weighted by atomic mass is 10.3. The summed E-state index contributed by atoms with van der Waals surface area (Å²) in [5.41, 5.74) is 0.747. The Morgan fingerprint density at radius 2 is 2.26 bits per heavy atom. The van der Waals surface area contributed by atoms with Crippen LogP contribution in [0.5, 0.6) is 0 Å². The second-order valence-corrected chi connectivity index (χ2v) is 5.00. The summed E-state index contributed by atoms with van der Waals surface area (Å²) >= 11 is 1.94. The Bertz CT molecular complexity index is 540. The number of carboxylic acids is 1. The molecule has 0 fully saturated rings. The summed E-state index contributed by atoms with van der Waals surface area (Å²) in [5, 5.41) is 13.0. The molecule has 1 amide bonds. The van der Waals surface area contributed by atoms with Crippen molar-refractivity contribution in [3.8, 4) is 0 Å². The van der Waals surface area contributed by atoms with Crippen LogP contribution < -0.4 is 0 Å². The van der Waals surface area contributed by atoms with Gasteiger partial charge in [-0.25, -0.2) is 9.59 Å². The number of aromatic nitrogens is 2. The molecule has 102 valence electrons. The molecule has 0 radical (unpaired) electrons. The molecule has 0 saturated carbocycles. The SMILES string of the molecule is C=CCOC(=O)N1CCn2nc(C(=O)O)c(I)c2C1. The predicted octanol–water partition coefficient (Wildman–Crippen LogP) is 1.32. The van der Waals surface area contributed by atoms with Gasteiger partial charge in [0.05, 0.1) is 22.4 Å². The van der Waals surface area contributed by atoms with Gasteiger partial charge in [-0.15, -0.1) is 0 Å². The van der Waals surface area contributed by atoms with Crippen LogP contribution in [0.3, 0.4) is 0 Å². The summed E-state index contributed by atoms with van der Waals surface area (Å²) in [6.07, 6.45) is 1.07. The number of amides is 1. The van der Waals surface area contributed by atoms with Crippen LogP contribution in [-0.4, -0.2) is 45.0 Å². The van der Waals surface area contributed by atoms with Crippen molar-refractivity contribution in [2.75, 3.05) is 13.2 Å². The molecular formula is C11H12IN3O4. The van der Waals surface area contributed by atoms with Gasteiger partial charge in [0.1, 0.15) is 6.61 Å². The molecule has 0 bridgehead atoms. The van der Waals surface area contributed by atoms with Gasteiger partial charge in [-0.05, 0) is 22.6 Å². The van der Waals surface area contributed by atoms with Crippen molar-refractivity contribution in [2.24, 2.45) is 0 Å². The lowest BCUT2D eigenvalue weighted by Crippen LogP contribution is -2.39. The Morgan fingerprint density at radius 3 is 2.89 bits per heavy atom. The summed E-state index contributed by atoms with van der Waals surface area (Å²) in [7, 11) is 0. The maximum Gasteiger partial charge on any atom is 0.410 e. The van der Waals surface area contributed by atoms with Crippen molar-refractivity contribution in [3.63, 3.8) is 0 Å². The predicted molar refractivity (Wildman–Crippen MR) is 73.9 cm³/mol. The zero-order valence-electron chi connectivity index (χ0n) is 10.0. The number of aromatic carboxylic acids is 1. The summed E-state index contributed by atoms with van der Waals surface area (Å²) in [5.74, 6) is -1.06. The Balaban J connectivity index is 2.17. The normalized spacial score (nSPS) is 13.8. The summed E-state index contributed by atoms with van der Waals surface area (Å²) < 4.78 is 7.15. The Hall–Kier alpha value is -1.58. The van der Waals surface area contributed by atoms with E-state index in [-0.39, 0.29) is 12.3 Å². The minimum absolute atomic E-state index is 0.0249. The van der Waals surface area contributed by atoms with Crippen LogP contribution in [0, 0.1) is 3.57 Å². The molecule has 0 aromatic carbocycles. The van der Waals surface area contributed by atoms with Gasteiger partial charge >= 0.3 is 12.1 Å². The quantitative estimate of drug-likeness (QED) is 0.635. The van der Waals surface area contributed by atoms with E-state index in [2.05, 4.69) is 11.7 Å². The maximum absolute atomic E-state index is 11.7. The smallest absolute Gasteiger partial charge is 0.410 e. The fourth-order valence-electron chi connectivity index (χ4n) is 1.80. The van der Waals surface area contributed by atoms with Crippen molar-refractivity contribution in [1.29, 1.82) is 0 Å². The molecule has 0 aliphatic carbocycles. The van der Waals surface area contributed by atoms with Gasteiger partial charge in [0.2, 0.25) is 0 Å². The van der Waals surface area contributed by atoms with Crippen LogP contribution in [0.2, 0.25) is 0 Å². The third kappa shape index (κ3) is 2.72. The van der Waals surface area contributed by atoms with Crippen molar-refractivity contribution < 1.29 is 19.4 Å².